The summed E-state index contributed by atoms with van der Waals surface area (Å²) in [5, 5.41) is 10.2. The van der Waals surface area contributed by atoms with E-state index >= 15 is 0 Å². The number of anilines is 1. The van der Waals surface area contributed by atoms with Gasteiger partial charge in [-0.05, 0) is 48.7 Å². The molecule has 2 N–H and O–H groups in total. The van der Waals surface area contributed by atoms with Gasteiger partial charge in [-0.3, -0.25) is 9.89 Å². The zero-order valence-electron chi connectivity index (χ0n) is 14.6. The minimum Gasteiger partial charge on any atom is -0.497 e. The van der Waals surface area contributed by atoms with Crippen LogP contribution in [0, 0.1) is 0 Å². The number of carbonyl (C=O) groups excluding carboxylic acids is 1. The van der Waals surface area contributed by atoms with Crippen LogP contribution in [0.2, 0.25) is 0 Å². The quantitative estimate of drug-likeness (QED) is 0.756. The molecule has 6 heteroatoms. The fraction of sp³-hybridized carbons (Fsp3) is 0.200. The maximum atomic E-state index is 12.7. The van der Waals surface area contributed by atoms with Crippen LogP contribution in [0.4, 0.5) is 5.69 Å². The van der Waals surface area contributed by atoms with Crippen molar-refractivity contribution in [2.45, 2.75) is 12.8 Å². The molecule has 1 aromatic heterocycles. The van der Waals surface area contributed by atoms with Gasteiger partial charge in [-0.25, -0.2) is 0 Å². The minimum atomic E-state index is -0.205. The van der Waals surface area contributed by atoms with E-state index in [0.717, 1.165) is 35.4 Å². The van der Waals surface area contributed by atoms with Crippen LogP contribution >= 0.6 is 0 Å². The van der Waals surface area contributed by atoms with E-state index in [4.69, 9.17) is 9.47 Å². The van der Waals surface area contributed by atoms with Crippen molar-refractivity contribution in [1.29, 1.82) is 0 Å². The third-order valence-electron chi connectivity index (χ3n) is 4.63. The highest BCUT2D eigenvalue weighted by atomic mass is 16.5. The van der Waals surface area contributed by atoms with Crippen molar-refractivity contribution < 1.29 is 14.3 Å². The number of amides is 1. The number of aromatic nitrogens is 2. The van der Waals surface area contributed by atoms with Gasteiger partial charge >= 0.3 is 0 Å². The molecule has 1 aliphatic carbocycles. The summed E-state index contributed by atoms with van der Waals surface area (Å²) in [6, 6.07) is 13.2. The molecule has 0 fully saturated rings. The zero-order valence-corrected chi connectivity index (χ0v) is 14.6. The van der Waals surface area contributed by atoms with Crippen LogP contribution in [0.15, 0.2) is 42.5 Å². The Morgan fingerprint density at radius 1 is 1.08 bits per heavy atom. The average molecular weight is 349 g/mol. The molecule has 1 heterocycles. The first-order valence-corrected chi connectivity index (χ1v) is 8.39. The molecule has 0 radical (unpaired) electrons. The largest absolute Gasteiger partial charge is 0.497 e. The lowest BCUT2D eigenvalue weighted by Crippen LogP contribution is -2.15. The van der Waals surface area contributed by atoms with Crippen LogP contribution < -0.4 is 14.8 Å². The van der Waals surface area contributed by atoms with Crippen LogP contribution in [0.1, 0.15) is 21.6 Å². The monoisotopic (exact) mass is 349 g/mol. The highest BCUT2D eigenvalue weighted by Gasteiger charge is 2.25. The third kappa shape index (κ3) is 2.79. The molecule has 0 atom stereocenters. The van der Waals surface area contributed by atoms with E-state index in [1.54, 1.807) is 20.3 Å². The summed E-state index contributed by atoms with van der Waals surface area (Å²) in [6.45, 7) is 0. The van der Waals surface area contributed by atoms with Crippen molar-refractivity contribution in [3.05, 3.63) is 59.3 Å². The second kappa shape index (κ2) is 6.55. The molecule has 0 saturated heterocycles. The molecule has 6 nitrogen and oxygen atoms in total. The smallest absolute Gasteiger partial charge is 0.273 e. The molecule has 1 aliphatic rings. The maximum Gasteiger partial charge on any atom is 0.273 e. The van der Waals surface area contributed by atoms with E-state index in [1.165, 1.54) is 5.56 Å². The summed E-state index contributed by atoms with van der Waals surface area (Å²) in [7, 11) is 3.25. The summed E-state index contributed by atoms with van der Waals surface area (Å²) in [4.78, 5) is 12.7. The molecular weight excluding hydrogens is 330 g/mol. The van der Waals surface area contributed by atoms with Crippen molar-refractivity contribution >= 4 is 11.6 Å². The van der Waals surface area contributed by atoms with E-state index in [2.05, 4.69) is 15.5 Å². The van der Waals surface area contributed by atoms with Gasteiger partial charge in [0.15, 0.2) is 0 Å². The normalized spacial score (nSPS) is 12.1. The fourth-order valence-corrected chi connectivity index (χ4v) is 3.31. The maximum absolute atomic E-state index is 12.7. The number of H-pyrrole nitrogens is 1. The van der Waals surface area contributed by atoms with Crippen LogP contribution in [0.25, 0.3) is 11.3 Å². The van der Waals surface area contributed by atoms with Gasteiger partial charge in [0.2, 0.25) is 0 Å². The van der Waals surface area contributed by atoms with Crippen molar-refractivity contribution in [3.63, 3.8) is 0 Å². The van der Waals surface area contributed by atoms with Crippen molar-refractivity contribution in [2.75, 3.05) is 19.5 Å². The number of hydrogen-bond donors (Lipinski definition) is 2. The van der Waals surface area contributed by atoms with E-state index < -0.39 is 0 Å². The Hall–Kier alpha value is -3.28. The summed E-state index contributed by atoms with van der Waals surface area (Å²) >= 11 is 0. The van der Waals surface area contributed by atoms with Gasteiger partial charge in [0.1, 0.15) is 17.2 Å². The topological polar surface area (TPSA) is 76.2 Å². The summed E-state index contributed by atoms with van der Waals surface area (Å²) < 4.78 is 10.5. The molecule has 2 aromatic carbocycles. The number of ether oxygens (including phenoxy) is 2. The summed E-state index contributed by atoms with van der Waals surface area (Å²) in [6.07, 6.45) is 1.60. The average Bonchev–Trinajstić information content (AvgIpc) is 3.12. The first-order chi connectivity index (χ1) is 12.7. The lowest BCUT2D eigenvalue weighted by molar-refractivity contribution is 0.102. The second-order valence-corrected chi connectivity index (χ2v) is 6.13. The molecule has 0 aliphatic heterocycles. The predicted molar refractivity (Wildman–Crippen MR) is 98.9 cm³/mol. The minimum absolute atomic E-state index is 0.205. The Bertz CT molecular complexity index is 978. The molecular formula is C20H19N3O3. The van der Waals surface area contributed by atoms with Gasteiger partial charge in [0.25, 0.3) is 5.91 Å². The van der Waals surface area contributed by atoms with Gasteiger partial charge in [-0.2, -0.15) is 5.10 Å². The number of nitrogens with zero attached hydrogens (tertiary/aromatic N) is 1. The van der Waals surface area contributed by atoms with Crippen LogP contribution in [-0.4, -0.2) is 30.3 Å². The summed E-state index contributed by atoms with van der Waals surface area (Å²) in [5.74, 6) is 1.32. The zero-order chi connectivity index (χ0) is 18.1. The first-order valence-electron chi connectivity index (χ1n) is 8.39. The van der Waals surface area contributed by atoms with Crippen molar-refractivity contribution in [1.82, 2.24) is 10.2 Å². The first kappa shape index (κ1) is 16.2. The Balaban J connectivity index is 1.63. The van der Waals surface area contributed by atoms with Gasteiger partial charge in [0.05, 0.1) is 19.9 Å². The molecule has 0 bridgehead atoms. The van der Waals surface area contributed by atoms with Crippen molar-refractivity contribution in [3.8, 4) is 22.8 Å². The molecule has 0 unspecified atom stereocenters. The molecule has 1 amide bonds. The summed E-state index contributed by atoms with van der Waals surface area (Å²) in [5.41, 5.74) is 5.20. The van der Waals surface area contributed by atoms with E-state index in [9.17, 15) is 4.79 Å². The van der Waals surface area contributed by atoms with Crippen LogP contribution in [-0.2, 0) is 12.8 Å². The molecule has 3 aromatic rings. The molecule has 4 rings (SSSR count). The standard InChI is InChI=1S/C20H19N3O3/c1-25-14-5-3-4-13(11-14)21-20(24)19-17-8-6-12-10-15(26-2)7-9-16(12)18(17)22-23-19/h3-5,7,9-11H,6,8H2,1-2H3,(H,21,24)(H,22,23). The van der Waals surface area contributed by atoms with Crippen molar-refractivity contribution in [2.24, 2.45) is 0 Å². The number of aromatic amines is 1. The number of rotatable bonds is 4. The number of benzene rings is 2. The Labute approximate surface area is 151 Å². The highest BCUT2D eigenvalue weighted by molar-refractivity contribution is 6.05. The SMILES string of the molecule is COc1cccc(NC(=O)c2[nH]nc3c2CCc2cc(OC)ccc2-3)c1. The lowest BCUT2D eigenvalue weighted by Gasteiger charge is -2.17. The van der Waals surface area contributed by atoms with E-state index in [1.807, 2.05) is 36.4 Å². The third-order valence-corrected chi connectivity index (χ3v) is 4.63. The number of aryl methyl sites for hydroxylation is 1. The van der Waals surface area contributed by atoms with E-state index in [-0.39, 0.29) is 5.91 Å². The number of hydrogen-bond acceptors (Lipinski definition) is 4. The molecule has 0 spiro atoms. The Morgan fingerprint density at radius 3 is 2.69 bits per heavy atom. The Morgan fingerprint density at radius 2 is 1.88 bits per heavy atom. The molecule has 0 saturated carbocycles. The van der Waals surface area contributed by atoms with E-state index in [0.29, 0.717) is 17.1 Å². The van der Waals surface area contributed by atoms with Gasteiger partial charge in [-0.1, -0.05) is 6.07 Å². The number of carbonyl (C=O) groups is 1. The van der Waals surface area contributed by atoms with Gasteiger partial charge in [-0.15, -0.1) is 0 Å². The highest BCUT2D eigenvalue weighted by Crippen LogP contribution is 2.35. The second-order valence-electron chi connectivity index (χ2n) is 6.13. The lowest BCUT2D eigenvalue weighted by atomic mass is 9.89. The van der Waals surface area contributed by atoms with Crippen LogP contribution in [0.5, 0.6) is 11.5 Å². The predicted octanol–water partition coefficient (Wildman–Crippen LogP) is 3.44. The van der Waals surface area contributed by atoms with Crippen LogP contribution in [0.3, 0.4) is 0 Å². The number of nitrogens with one attached hydrogen (secondary N) is 2. The molecule has 132 valence electrons. The fourth-order valence-electron chi connectivity index (χ4n) is 3.31. The number of fused-ring (bicyclic) bond motifs is 3. The molecule has 26 heavy (non-hydrogen) atoms. The van der Waals surface area contributed by atoms with Gasteiger partial charge < -0.3 is 14.8 Å². The Kier molecular flexibility index (Phi) is 4.08. The number of methoxy groups -OCH3 is 2. The van der Waals surface area contributed by atoms with Gasteiger partial charge in [0, 0.05) is 22.9 Å².